The number of furan rings is 1. The molecule has 4 nitrogen and oxygen atoms in total. The predicted octanol–water partition coefficient (Wildman–Crippen LogP) is 2.49. The molecule has 4 heteroatoms. The van der Waals surface area contributed by atoms with Crippen LogP contribution in [0, 0.1) is 6.92 Å². The van der Waals surface area contributed by atoms with Gasteiger partial charge in [-0.25, -0.2) is 0 Å². The average molecular weight is 257 g/mol. The molecule has 0 fully saturated rings. The maximum Gasteiger partial charge on any atom is 0.257 e. The lowest BCUT2D eigenvalue weighted by Crippen LogP contribution is -2.36. The number of rotatable bonds is 1. The fourth-order valence-corrected chi connectivity index (χ4v) is 2.49. The number of benzene rings is 1. The second-order valence-electron chi connectivity index (χ2n) is 4.82. The van der Waals surface area contributed by atoms with E-state index in [1.165, 1.54) is 11.8 Å². The van der Waals surface area contributed by atoms with Crippen LogP contribution in [0.15, 0.2) is 34.9 Å². The van der Waals surface area contributed by atoms with Crippen LogP contribution < -0.4 is 0 Å². The first kappa shape index (κ1) is 11.8. The number of phenols is 1. The van der Waals surface area contributed by atoms with Gasteiger partial charge in [-0.05, 0) is 42.7 Å². The van der Waals surface area contributed by atoms with Crippen molar-refractivity contribution in [2.75, 3.05) is 6.54 Å². The maximum absolute atomic E-state index is 12.4. The first-order chi connectivity index (χ1) is 9.15. The Morgan fingerprint density at radius 1 is 1.32 bits per heavy atom. The van der Waals surface area contributed by atoms with Crippen molar-refractivity contribution in [2.24, 2.45) is 0 Å². The Kier molecular flexibility index (Phi) is 2.78. The number of carbonyl (C=O) groups is 1. The van der Waals surface area contributed by atoms with Crippen molar-refractivity contribution >= 4 is 5.91 Å². The summed E-state index contributed by atoms with van der Waals surface area (Å²) < 4.78 is 5.18. The first-order valence-electron chi connectivity index (χ1n) is 6.29. The number of aryl methyl sites for hydroxylation is 1. The highest BCUT2D eigenvalue weighted by Gasteiger charge is 2.23. The lowest BCUT2D eigenvalue weighted by Gasteiger charge is -2.28. The largest absolute Gasteiger partial charge is 0.508 e. The van der Waals surface area contributed by atoms with Crippen molar-refractivity contribution in [2.45, 2.75) is 19.9 Å². The molecule has 0 bridgehead atoms. The van der Waals surface area contributed by atoms with Crippen molar-refractivity contribution in [3.63, 3.8) is 0 Å². The number of hydrogen-bond donors (Lipinski definition) is 1. The fraction of sp³-hybridized carbons (Fsp3) is 0.267. The van der Waals surface area contributed by atoms with Gasteiger partial charge in [-0.3, -0.25) is 4.79 Å². The summed E-state index contributed by atoms with van der Waals surface area (Å²) in [5.74, 6) is 0.875. The Morgan fingerprint density at radius 3 is 2.89 bits per heavy atom. The quantitative estimate of drug-likeness (QED) is 0.854. The van der Waals surface area contributed by atoms with Crippen LogP contribution in [0.4, 0.5) is 0 Å². The number of amides is 1. The van der Waals surface area contributed by atoms with Gasteiger partial charge in [0.15, 0.2) is 0 Å². The number of nitrogens with zero attached hydrogens (tertiary/aromatic N) is 1. The van der Waals surface area contributed by atoms with Crippen molar-refractivity contribution in [3.05, 3.63) is 53.0 Å². The Hall–Kier alpha value is -2.23. The molecule has 1 amide bonds. The summed E-state index contributed by atoms with van der Waals surface area (Å²) in [4.78, 5) is 14.2. The van der Waals surface area contributed by atoms with Gasteiger partial charge in [-0.15, -0.1) is 0 Å². The number of fused-ring (bicyclic) bond motifs is 1. The molecule has 0 spiro atoms. The van der Waals surface area contributed by atoms with E-state index < -0.39 is 0 Å². The lowest BCUT2D eigenvalue weighted by atomic mass is 9.99. The summed E-state index contributed by atoms with van der Waals surface area (Å²) in [7, 11) is 0. The van der Waals surface area contributed by atoms with E-state index in [2.05, 4.69) is 0 Å². The molecule has 19 heavy (non-hydrogen) atoms. The standard InChI is InChI=1S/C15H15NO3/c1-10-14(5-7-19-10)15(18)16-6-4-11-2-3-13(17)8-12(11)9-16/h2-3,5,7-8,17H,4,6,9H2,1H3. The minimum absolute atomic E-state index is 0.0137. The zero-order chi connectivity index (χ0) is 13.4. The van der Waals surface area contributed by atoms with Gasteiger partial charge in [-0.2, -0.15) is 0 Å². The third-order valence-corrected chi connectivity index (χ3v) is 3.58. The van der Waals surface area contributed by atoms with Crippen LogP contribution in [-0.4, -0.2) is 22.5 Å². The lowest BCUT2D eigenvalue weighted by molar-refractivity contribution is 0.0732. The summed E-state index contributed by atoms with van der Waals surface area (Å²) in [5, 5.41) is 9.52. The topological polar surface area (TPSA) is 53.7 Å². The van der Waals surface area contributed by atoms with E-state index in [1.807, 2.05) is 6.07 Å². The van der Waals surface area contributed by atoms with Crippen LogP contribution in [0.3, 0.4) is 0 Å². The van der Waals surface area contributed by atoms with E-state index in [9.17, 15) is 9.90 Å². The molecule has 3 rings (SSSR count). The maximum atomic E-state index is 12.4. The number of aromatic hydroxyl groups is 1. The van der Waals surface area contributed by atoms with Gasteiger partial charge < -0.3 is 14.4 Å². The molecule has 1 aliphatic rings. The van der Waals surface area contributed by atoms with Gasteiger partial charge in [-0.1, -0.05) is 6.07 Å². The summed E-state index contributed by atoms with van der Waals surface area (Å²) >= 11 is 0. The summed E-state index contributed by atoms with van der Waals surface area (Å²) in [6, 6.07) is 7.05. The number of hydrogen-bond acceptors (Lipinski definition) is 3. The molecule has 2 aromatic rings. The number of carbonyl (C=O) groups excluding carboxylic acids is 1. The van der Waals surface area contributed by atoms with E-state index >= 15 is 0 Å². The van der Waals surface area contributed by atoms with Gasteiger partial charge in [0.1, 0.15) is 11.5 Å². The Morgan fingerprint density at radius 2 is 2.16 bits per heavy atom. The van der Waals surface area contributed by atoms with Gasteiger partial charge in [0.25, 0.3) is 5.91 Å². The first-order valence-corrected chi connectivity index (χ1v) is 6.29. The summed E-state index contributed by atoms with van der Waals surface area (Å²) in [5.41, 5.74) is 2.83. The summed E-state index contributed by atoms with van der Waals surface area (Å²) in [6.07, 6.45) is 2.35. The molecule has 98 valence electrons. The molecular weight excluding hydrogens is 242 g/mol. The van der Waals surface area contributed by atoms with Gasteiger partial charge in [0, 0.05) is 13.1 Å². The molecule has 0 aliphatic carbocycles. The molecule has 0 saturated carbocycles. The molecule has 2 heterocycles. The third kappa shape index (κ3) is 2.10. The van der Waals surface area contributed by atoms with Crippen LogP contribution in [0.25, 0.3) is 0 Å². The SMILES string of the molecule is Cc1occc1C(=O)N1CCc2ccc(O)cc2C1. The zero-order valence-corrected chi connectivity index (χ0v) is 10.7. The second-order valence-corrected chi connectivity index (χ2v) is 4.82. The highest BCUT2D eigenvalue weighted by molar-refractivity contribution is 5.95. The Labute approximate surface area is 111 Å². The van der Waals surface area contributed by atoms with Gasteiger partial charge in [0.2, 0.25) is 0 Å². The second kappa shape index (κ2) is 4.46. The fourth-order valence-electron chi connectivity index (χ4n) is 2.49. The molecule has 1 aromatic carbocycles. The third-order valence-electron chi connectivity index (χ3n) is 3.58. The van der Waals surface area contributed by atoms with E-state index in [0.29, 0.717) is 24.4 Å². The minimum Gasteiger partial charge on any atom is -0.508 e. The van der Waals surface area contributed by atoms with E-state index in [4.69, 9.17) is 4.42 Å². The Bertz CT molecular complexity index is 630. The zero-order valence-electron chi connectivity index (χ0n) is 10.7. The monoisotopic (exact) mass is 257 g/mol. The van der Waals surface area contributed by atoms with Crippen molar-refractivity contribution in [3.8, 4) is 5.75 Å². The molecular formula is C15H15NO3. The van der Waals surface area contributed by atoms with E-state index in [-0.39, 0.29) is 11.7 Å². The molecule has 1 aromatic heterocycles. The van der Waals surface area contributed by atoms with Crippen LogP contribution >= 0.6 is 0 Å². The van der Waals surface area contributed by atoms with Crippen LogP contribution in [0.1, 0.15) is 27.2 Å². The van der Waals surface area contributed by atoms with Crippen molar-refractivity contribution < 1.29 is 14.3 Å². The molecule has 1 aliphatic heterocycles. The van der Waals surface area contributed by atoms with Crippen LogP contribution in [0.5, 0.6) is 5.75 Å². The molecule has 0 radical (unpaired) electrons. The highest BCUT2D eigenvalue weighted by Crippen LogP contribution is 2.24. The van der Waals surface area contributed by atoms with Crippen molar-refractivity contribution in [1.29, 1.82) is 0 Å². The Balaban J connectivity index is 1.86. The van der Waals surface area contributed by atoms with Crippen LogP contribution in [0.2, 0.25) is 0 Å². The van der Waals surface area contributed by atoms with Crippen molar-refractivity contribution in [1.82, 2.24) is 4.90 Å². The minimum atomic E-state index is -0.0137. The smallest absolute Gasteiger partial charge is 0.257 e. The predicted molar refractivity (Wildman–Crippen MR) is 70.0 cm³/mol. The molecule has 0 unspecified atom stereocenters. The summed E-state index contributed by atoms with van der Waals surface area (Å²) in [6.45, 7) is 3.02. The highest BCUT2D eigenvalue weighted by atomic mass is 16.3. The average Bonchev–Trinajstić information content (AvgIpc) is 2.83. The van der Waals surface area contributed by atoms with E-state index in [0.717, 1.165) is 12.0 Å². The van der Waals surface area contributed by atoms with E-state index in [1.54, 1.807) is 30.0 Å². The molecule has 0 atom stereocenters. The normalized spacial score (nSPS) is 14.3. The van der Waals surface area contributed by atoms with Gasteiger partial charge in [0.05, 0.1) is 11.8 Å². The molecule has 0 saturated heterocycles. The molecule has 1 N–H and O–H groups in total. The number of phenolic OH excluding ortho intramolecular Hbond substituents is 1. The van der Waals surface area contributed by atoms with Crippen LogP contribution in [-0.2, 0) is 13.0 Å². The van der Waals surface area contributed by atoms with Gasteiger partial charge >= 0.3 is 0 Å².